The standard InChI is InChI=1S/C10H11FO2/c1-13-10-4-2-3-8(6-10)5-9(11)7-12/h2-6,12H,7H2,1H3. The van der Waals surface area contributed by atoms with E-state index >= 15 is 0 Å². The number of methoxy groups -OCH3 is 1. The Morgan fingerprint density at radius 2 is 2.38 bits per heavy atom. The maximum Gasteiger partial charge on any atom is 0.126 e. The molecule has 0 radical (unpaired) electrons. The number of ether oxygens (including phenoxy) is 1. The summed E-state index contributed by atoms with van der Waals surface area (Å²) in [5.74, 6) is 0.104. The van der Waals surface area contributed by atoms with Gasteiger partial charge in [0.15, 0.2) is 0 Å². The molecule has 0 saturated heterocycles. The van der Waals surface area contributed by atoms with Crippen molar-refractivity contribution in [3.63, 3.8) is 0 Å². The first kappa shape index (κ1) is 9.74. The molecule has 13 heavy (non-hydrogen) atoms. The smallest absolute Gasteiger partial charge is 0.126 e. The topological polar surface area (TPSA) is 29.5 Å². The lowest BCUT2D eigenvalue weighted by molar-refractivity contribution is 0.300. The first-order valence-electron chi connectivity index (χ1n) is 3.87. The van der Waals surface area contributed by atoms with Gasteiger partial charge in [0.2, 0.25) is 0 Å². The van der Waals surface area contributed by atoms with Gasteiger partial charge >= 0.3 is 0 Å². The van der Waals surface area contributed by atoms with Crippen molar-refractivity contribution in [2.75, 3.05) is 13.7 Å². The van der Waals surface area contributed by atoms with Gasteiger partial charge in [0.1, 0.15) is 11.6 Å². The molecule has 0 bridgehead atoms. The highest BCUT2D eigenvalue weighted by Crippen LogP contribution is 2.15. The first-order chi connectivity index (χ1) is 6.26. The maximum atomic E-state index is 12.6. The van der Waals surface area contributed by atoms with Gasteiger partial charge in [-0.25, -0.2) is 4.39 Å². The van der Waals surface area contributed by atoms with Crippen LogP contribution in [0.2, 0.25) is 0 Å². The summed E-state index contributed by atoms with van der Waals surface area (Å²) in [5, 5.41) is 8.45. The molecule has 1 aromatic rings. The normalized spacial score (nSPS) is 11.5. The molecule has 1 rings (SSSR count). The number of hydrogen-bond donors (Lipinski definition) is 1. The Bertz CT molecular complexity index is 308. The van der Waals surface area contributed by atoms with Crippen LogP contribution in [0.5, 0.6) is 5.75 Å². The van der Waals surface area contributed by atoms with E-state index in [1.165, 1.54) is 6.08 Å². The molecule has 3 heteroatoms. The van der Waals surface area contributed by atoms with Gasteiger partial charge in [-0.2, -0.15) is 0 Å². The second-order valence-corrected chi connectivity index (χ2v) is 2.53. The van der Waals surface area contributed by atoms with E-state index < -0.39 is 12.4 Å². The molecule has 0 unspecified atom stereocenters. The number of hydrogen-bond acceptors (Lipinski definition) is 2. The molecule has 0 amide bonds. The largest absolute Gasteiger partial charge is 0.497 e. The summed E-state index contributed by atoms with van der Waals surface area (Å²) in [6.45, 7) is -0.572. The zero-order valence-corrected chi connectivity index (χ0v) is 7.33. The Morgan fingerprint density at radius 1 is 1.62 bits per heavy atom. The van der Waals surface area contributed by atoms with Crippen LogP contribution in [-0.4, -0.2) is 18.8 Å². The van der Waals surface area contributed by atoms with Gasteiger partial charge in [0.25, 0.3) is 0 Å². The fourth-order valence-electron chi connectivity index (χ4n) is 0.958. The van der Waals surface area contributed by atoms with Crippen LogP contribution in [0.15, 0.2) is 30.1 Å². The molecular formula is C10H11FO2. The van der Waals surface area contributed by atoms with E-state index in [0.29, 0.717) is 11.3 Å². The fourth-order valence-corrected chi connectivity index (χ4v) is 0.958. The second-order valence-electron chi connectivity index (χ2n) is 2.53. The third-order valence-corrected chi connectivity index (χ3v) is 1.57. The minimum Gasteiger partial charge on any atom is -0.497 e. The van der Waals surface area contributed by atoms with Gasteiger partial charge in [-0.1, -0.05) is 12.1 Å². The SMILES string of the molecule is COc1cccc(C=C(F)CO)c1. The molecule has 0 atom stereocenters. The van der Waals surface area contributed by atoms with Crippen LogP contribution in [0.4, 0.5) is 4.39 Å². The second kappa shape index (κ2) is 4.62. The summed E-state index contributed by atoms with van der Waals surface area (Å²) in [5.41, 5.74) is 0.672. The predicted molar refractivity (Wildman–Crippen MR) is 49.2 cm³/mol. The van der Waals surface area contributed by atoms with Crippen molar-refractivity contribution in [1.82, 2.24) is 0 Å². The molecule has 0 aliphatic heterocycles. The molecule has 0 fully saturated rings. The summed E-state index contributed by atoms with van der Waals surface area (Å²) < 4.78 is 17.6. The highest BCUT2D eigenvalue weighted by atomic mass is 19.1. The molecule has 0 aliphatic rings. The first-order valence-corrected chi connectivity index (χ1v) is 3.87. The molecule has 0 aromatic heterocycles. The maximum absolute atomic E-state index is 12.6. The lowest BCUT2D eigenvalue weighted by Crippen LogP contribution is -1.84. The monoisotopic (exact) mass is 182 g/mol. The van der Waals surface area contributed by atoms with E-state index in [1.807, 2.05) is 0 Å². The van der Waals surface area contributed by atoms with Crippen LogP contribution >= 0.6 is 0 Å². The molecule has 1 aromatic carbocycles. The van der Waals surface area contributed by atoms with Crippen LogP contribution in [0, 0.1) is 0 Å². The van der Waals surface area contributed by atoms with E-state index in [2.05, 4.69) is 0 Å². The zero-order valence-electron chi connectivity index (χ0n) is 7.33. The zero-order chi connectivity index (χ0) is 9.68. The summed E-state index contributed by atoms with van der Waals surface area (Å²) >= 11 is 0. The Kier molecular flexibility index (Phi) is 3.46. The van der Waals surface area contributed by atoms with Gasteiger partial charge in [-0.05, 0) is 23.8 Å². The van der Waals surface area contributed by atoms with Gasteiger partial charge in [-0.15, -0.1) is 0 Å². The number of aliphatic hydroxyl groups is 1. The third kappa shape index (κ3) is 2.87. The highest BCUT2D eigenvalue weighted by molar-refractivity contribution is 5.53. The third-order valence-electron chi connectivity index (χ3n) is 1.57. The van der Waals surface area contributed by atoms with Crippen LogP contribution in [-0.2, 0) is 0 Å². The van der Waals surface area contributed by atoms with E-state index in [4.69, 9.17) is 9.84 Å². The van der Waals surface area contributed by atoms with E-state index in [9.17, 15) is 4.39 Å². The molecule has 0 spiro atoms. The van der Waals surface area contributed by atoms with Crippen molar-refractivity contribution < 1.29 is 14.2 Å². The Labute approximate surface area is 76.3 Å². The van der Waals surface area contributed by atoms with Gasteiger partial charge < -0.3 is 9.84 Å². The summed E-state index contributed by atoms with van der Waals surface area (Å²) in [7, 11) is 1.55. The molecular weight excluding hydrogens is 171 g/mol. The Hall–Kier alpha value is -1.35. The van der Waals surface area contributed by atoms with Gasteiger partial charge in [0, 0.05) is 0 Å². The predicted octanol–water partition coefficient (Wildman–Crippen LogP) is 2.00. The van der Waals surface area contributed by atoms with Crippen molar-refractivity contribution in [2.24, 2.45) is 0 Å². The number of benzene rings is 1. The number of halogens is 1. The van der Waals surface area contributed by atoms with Crippen LogP contribution in [0.25, 0.3) is 6.08 Å². The average molecular weight is 182 g/mol. The quantitative estimate of drug-likeness (QED) is 0.774. The van der Waals surface area contributed by atoms with Gasteiger partial charge in [-0.3, -0.25) is 0 Å². The molecule has 0 aliphatic carbocycles. The van der Waals surface area contributed by atoms with E-state index in [0.717, 1.165) is 0 Å². The molecule has 0 saturated carbocycles. The number of aliphatic hydroxyl groups excluding tert-OH is 1. The van der Waals surface area contributed by atoms with Crippen LogP contribution in [0.3, 0.4) is 0 Å². The Morgan fingerprint density at radius 3 is 3.00 bits per heavy atom. The van der Waals surface area contributed by atoms with Crippen molar-refractivity contribution in [3.8, 4) is 5.75 Å². The lowest BCUT2D eigenvalue weighted by atomic mass is 10.2. The summed E-state index contributed by atoms with van der Waals surface area (Å²) in [4.78, 5) is 0. The van der Waals surface area contributed by atoms with Crippen molar-refractivity contribution in [1.29, 1.82) is 0 Å². The molecule has 2 nitrogen and oxygen atoms in total. The van der Waals surface area contributed by atoms with E-state index in [-0.39, 0.29) is 0 Å². The van der Waals surface area contributed by atoms with E-state index in [1.54, 1.807) is 31.4 Å². The molecule has 1 N–H and O–H groups in total. The fraction of sp³-hybridized carbons (Fsp3) is 0.200. The highest BCUT2D eigenvalue weighted by Gasteiger charge is 1.95. The average Bonchev–Trinajstić information content (AvgIpc) is 2.18. The van der Waals surface area contributed by atoms with Crippen LogP contribution < -0.4 is 4.74 Å². The van der Waals surface area contributed by atoms with Crippen molar-refractivity contribution >= 4 is 6.08 Å². The Balaban J connectivity index is 2.89. The molecule has 0 heterocycles. The number of rotatable bonds is 3. The molecule has 70 valence electrons. The lowest BCUT2D eigenvalue weighted by Gasteiger charge is -2.00. The van der Waals surface area contributed by atoms with Crippen LogP contribution in [0.1, 0.15) is 5.56 Å². The van der Waals surface area contributed by atoms with Crippen molar-refractivity contribution in [2.45, 2.75) is 0 Å². The van der Waals surface area contributed by atoms with Gasteiger partial charge in [0.05, 0.1) is 13.7 Å². The minimum absolute atomic E-state index is 0.562. The summed E-state index contributed by atoms with van der Waals surface area (Å²) in [6, 6.07) is 6.95. The summed E-state index contributed by atoms with van der Waals surface area (Å²) in [6.07, 6.45) is 1.27. The van der Waals surface area contributed by atoms with Crippen molar-refractivity contribution in [3.05, 3.63) is 35.7 Å². The minimum atomic E-state index is -0.572.